The molecule has 4 bridgehead atoms. The van der Waals surface area contributed by atoms with Crippen LogP contribution in [-0.4, -0.2) is 35.4 Å². The number of alkyl halides is 1. The number of urea groups is 1. The first-order valence-electron chi connectivity index (χ1n) is 8.89. The molecule has 6 heteroatoms. The molecule has 0 saturated heterocycles. The third-order valence-corrected chi connectivity index (χ3v) is 5.85. The number of hydrogen-bond donors (Lipinski definition) is 3. The minimum absolute atomic E-state index is 0.00613. The Morgan fingerprint density at radius 1 is 1.09 bits per heavy atom. The molecule has 0 spiro atoms. The summed E-state index contributed by atoms with van der Waals surface area (Å²) in [6.45, 7) is 0.463. The molecule has 2 amide bonds. The maximum absolute atomic E-state index is 12.9. The van der Waals surface area contributed by atoms with E-state index in [1.165, 1.54) is 19.3 Å². The van der Waals surface area contributed by atoms with Gasteiger partial charge in [-0.1, -0.05) is 0 Å². The molecule has 4 rings (SSSR count). The lowest BCUT2D eigenvalue weighted by Gasteiger charge is -2.56. The molecule has 4 fully saturated rings. The number of carboxylic acid groups (broad SMARTS) is 1. The minimum Gasteiger partial charge on any atom is -0.479 e. The van der Waals surface area contributed by atoms with E-state index in [9.17, 15) is 14.0 Å². The Labute approximate surface area is 136 Å². The van der Waals surface area contributed by atoms with Gasteiger partial charge < -0.3 is 15.7 Å². The Kier molecular flexibility index (Phi) is 4.78. The molecule has 4 saturated carbocycles. The zero-order chi connectivity index (χ0) is 16.4. The highest BCUT2D eigenvalue weighted by Gasteiger charge is 2.51. The predicted octanol–water partition coefficient (Wildman–Crippen LogP) is 2.85. The predicted molar refractivity (Wildman–Crippen MR) is 83.8 cm³/mol. The molecule has 4 aliphatic carbocycles. The van der Waals surface area contributed by atoms with Crippen molar-refractivity contribution in [3.8, 4) is 0 Å². The highest BCUT2D eigenvalue weighted by molar-refractivity contribution is 5.75. The third kappa shape index (κ3) is 3.96. The Balaban J connectivity index is 1.36. The lowest BCUT2D eigenvalue weighted by Crippen LogP contribution is -2.61. The SMILES string of the molecule is O=C(NCCCCC(F)C(=O)O)NC12CC3CC(CC(C3)C1)C2. The number of amides is 2. The van der Waals surface area contributed by atoms with Crippen molar-refractivity contribution < 1.29 is 19.1 Å². The molecule has 0 radical (unpaired) electrons. The quantitative estimate of drug-likeness (QED) is 0.630. The van der Waals surface area contributed by atoms with Gasteiger partial charge in [0.1, 0.15) is 0 Å². The fourth-order valence-electron chi connectivity index (χ4n) is 5.32. The monoisotopic (exact) mass is 326 g/mol. The Morgan fingerprint density at radius 2 is 1.65 bits per heavy atom. The number of carbonyl (C=O) groups is 2. The van der Waals surface area contributed by atoms with E-state index in [0.717, 1.165) is 37.0 Å². The topological polar surface area (TPSA) is 78.4 Å². The molecule has 0 aliphatic heterocycles. The Hall–Kier alpha value is -1.33. The molecule has 1 unspecified atom stereocenters. The van der Waals surface area contributed by atoms with Crippen LogP contribution in [0.1, 0.15) is 57.8 Å². The fourth-order valence-corrected chi connectivity index (χ4v) is 5.32. The van der Waals surface area contributed by atoms with Crippen molar-refractivity contribution in [1.29, 1.82) is 0 Å². The molecule has 130 valence electrons. The minimum atomic E-state index is -1.80. The van der Waals surface area contributed by atoms with Crippen LogP contribution in [0, 0.1) is 17.8 Å². The number of unbranched alkanes of at least 4 members (excludes halogenated alkanes) is 1. The molecule has 0 aromatic heterocycles. The van der Waals surface area contributed by atoms with Gasteiger partial charge in [-0.15, -0.1) is 0 Å². The molecule has 0 aromatic rings. The zero-order valence-electron chi connectivity index (χ0n) is 13.5. The second-order valence-corrected chi connectivity index (χ2v) is 7.88. The van der Waals surface area contributed by atoms with Gasteiger partial charge in [0.05, 0.1) is 0 Å². The van der Waals surface area contributed by atoms with Gasteiger partial charge >= 0.3 is 12.0 Å². The van der Waals surface area contributed by atoms with Crippen LogP contribution in [-0.2, 0) is 4.79 Å². The molecule has 3 N–H and O–H groups in total. The summed E-state index contributed by atoms with van der Waals surface area (Å²) in [6.07, 6.45) is 6.66. The maximum atomic E-state index is 12.9. The average molecular weight is 326 g/mol. The van der Waals surface area contributed by atoms with Gasteiger partial charge in [-0.2, -0.15) is 0 Å². The van der Waals surface area contributed by atoms with Gasteiger partial charge in [0.2, 0.25) is 0 Å². The first-order chi connectivity index (χ1) is 11.0. The highest BCUT2D eigenvalue weighted by Crippen LogP contribution is 2.55. The maximum Gasteiger partial charge on any atom is 0.338 e. The summed E-state index contributed by atoms with van der Waals surface area (Å²) in [6, 6.07) is -0.123. The lowest BCUT2D eigenvalue weighted by molar-refractivity contribution is -0.143. The Bertz CT molecular complexity index is 433. The number of hydrogen-bond acceptors (Lipinski definition) is 2. The molecule has 4 aliphatic rings. The summed E-state index contributed by atoms with van der Waals surface area (Å²) >= 11 is 0. The van der Waals surface area contributed by atoms with Gasteiger partial charge in [0, 0.05) is 12.1 Å². The van der Waals surface area contributed by atoms with Gasteiger partial charge in [0.15, 0.2) is 6.17 Å². The third-order valence-electron chi connectivity index (χ3n) is 5.85. The summed E-state index contributed by atoms with van der Waals surface area (Å²) in [5, 5.41) is 14.5. The van der Waals surface area contributed by atoms with Crippen LogP contribution < -0.4 is 10.6 Å². The summed E-state index contributed by atoms with van der Waals surface area (Å²) in [5.41, 5.74) is 0.00613. The summed E-state index contributed by atoms with van der Waals surface area (Å²) in [7, 11) is 0. The van der Waals surface area contributed by atoms with E-state index in [2.05, 4.69) is 10.6 Å². The first kappa shape index (κ1) is 16.5. The van der Waals surface area contributed by atoms with Gasteiger partial charge in [0.25, 0.3) is 0 Å². The molecule has 0 heterocycles. The Morgan fingerprint density at radius 3 is 2.17 bits per heavy atom. The molecule has 5 nitrogen and oxygen atoms in total. The van der Waals surface area contributed by atoms with Gasteiger partial charge in [-0.05, 0) is 75.5 Å². The van der Waals surface area contributed by atoms with Crippen molar-refractivity contribution in [3.63, 3.8) is 0 Å². The molecular formula is C17H27FN2O3. The van der Waals surface area contributed by atoms with E-state index in [1.54, 1.807) is 0 Å². The average Bonchev–Trinajstić information content (AvgIpc) is 2.44. The number of rotatable bonds is 7. The number of carbonyl (C=O) groups excluding carboxylic acids is 1. The smallest absolute Gasteiger partial charge is 0.338 e. The summed E-state index contributed by atoms with van der Waals surface area (Å²) in [4.78, 5) is 22.5. The zero-order valence-corrected chi connectivity index (χ0v) is 13.5. The number of nitrogens with one attached hydrogen (secondary N) is 2. The van der Waals surface area contributed by atoms with E-state index in [-0.39, 0.29) is 18.0 Å². The number of halogens is 1. The van der Waals surface area contributed by atoms with E-state index < -0.39 is 12.1 Å². The van der Waals surface area contributed by atoms with E-state index in [4.69, 9.17) is 5.11 Å². The van der Waals surface area contributed by atoms with Crippen LogP contribution in [0.25, 0.3) is 0 Å². The normalized spacial score (nSPS) is 35.8. The van der Waals surface area contributed by atoms with Crippen molar-refractivity contribution in [2.45, 2.75) is 69.5 Å². The largest absolute Gasteiger partial charge is 0.479 e. The van der Waals surface area contributed by atoms with Crippen molar-refractivity contribution in [1.82, 2.24) is 10.6 Å². The van der Waals surface area contributed by atoms with Gasteiger partial charge in [-0.3, -0.25) is 0 Å². The van der Waals surface area contributed by atoms with Crippen LogP contribution in [0.5, 0.6) is 0 Å². The van der Waals surface area contributed by atoms with Crippen molar-refractivity contribution >= 4 is 12.0 Å². The van der Waals surface area contributed by atoms with E-state index in [1.807, 2.05) is 0 Å². The highest BCUT2D eigenvalue weighted by atomic mass is 19.1. The van der Waals surface area contributed by atoms with Crippen LogP contribution >= 0.6 is 0 Å². The number of aliphatic carboxylic acids is 1. The second kappa shape index (κ2) is 6.65. The standard InChI is InChI=1S/C17H27FN2O3/c18-14(15(21)22)3-1-2-4-19-16(23)20-17-8-11-5-12(9-17)7-13(6-11)10-17/h11-14H,1-10H2,(H,21,22)(H2,19,20,23). The van der Waals surface area contributed by atoms with E-state index in [0.29, 0.717) is 19.4 Å². The fraction of sp³-hybridized carbons (Fsp3) is 0.882. The molecule has 0 aromatic carbocycles. The van der Waals surface area contributed by atoms with Crippen molar-refractivity contribution in [2.24, 2.45) is 17.8 Å². The van der Waals surface area contributed by atoms with E-state index >= 15 is 0 Å². The van der Waals surface area contributed by atoms with Gasteiger partial charge in [-0.25, -0.2) is 14.0 Å². The van der Waals surface area contributed by atoms with Crippen LogP contribution in [0.15, 0.2) is 0 Å². The summed E-state index contributed by atoms with van der Waals surface area (Å²) < 4.78 is 12.9. The molecule has 1 atom stereocenters. The molecule has 23 heavy (non-hydrogen) atoms. The second-order valence-electron chi connectivity index (χ2n) is 7.88. The lowest BCUT2D eigenvalue weighted by atomic mass is 9.53. The van der Waals surface area contributed by atoms with Crippen molar-refractivity contribution in [2.75, 3.05) is 6.54 Å². The number of carboxylic acids is 1. The summed E-state index contributed by atoms with van der Waals surface area (Å²) in [5.74, 6) is 0.967. The first-order valence-corrected chi connectivity index (χ1v) is 8.89. The van der Waals surface area contributed by atoms with Crippen molar-refractivity contribution in [3.05, 3.63) is 0 Å². The van der Waals surface area contributed by atoms with Crippen LogP contribution in [0.2, 0.25) is 0 Å². The van der Waals surface area contributed by atoms with Crippen LogP contribution in [0.4, 0.5) is 9.18 Å². The van der Waals surface area contributed by atoms with Crippen LogP contribution in [0.3, 0.4) is 0 Å². The molecular weight excluding hydrogens is 299 g/mol.